The van der Waals surface area contributed by atoms with Crippen LogP contribution < -0.4 is 10.1 Å². The summed E-state index contributed by atoms with van der Waals surface area (Å²) in [7, 11) is 0. The minimum absolute atomic E-state index is 0.0839. The number of nitrogens with zero attached hydrogens (tertiary/aromatic N) is 2. The van der Waals surface area contributed by atoms with E-state index in [0.717, 1.165) is 12.1 Å². The number of likely N-dealkylation sites (tertiary alicyclic amines) is 1. The van der Waals surface area contributed by atoms with E-state index < -0.39 is 17.8 Å². The molecule has 2 heterocycles. The predicted octanol–water partition coefficient (Wildman–Crippen LogP) is 3.08. The fourth-order valence-corrected chi connectivity index (χ4v) is 4.48. The molecule has 1 aromatic carbocycles. The zero-order chi connectivity index (χ0) is 22.2. The van der Waals surface area contributed by atoms with Gasteiger partial charge in [0.2, 0.25) is 5.91 Å². The Labute approximate surface area is 177 Å². The van der Waals surface area contributed by atoms with Crippen molar-refractivity contribution >= 4 is 12.0 Å². The van der Waals surface area contributed by atoms with Crippen LogP contribution in [0.5, 0.6) is 5.75 Å². The molecule has 1 saturated carbocycles. The maximum absolute atomic E-state index is 12.8. The number of nitrogens with one attached hydrogen (secondary N) is 1. The quantitative estimate of drug-likeness (QED) is 0.782. The lowest BCUT2D eigenvalue weighted by molar-refractivity contribution is -0.142. The number of cyclic esters (lactones) is 1. The van der Waals surface area contributed by atoms with E-state index in [1.165, 1.54) is 6.07 Å². The first-order valence-corrected chi connectivity index (χ1v) is 10.2. The van der Waals surface area contributed by atoms with Gasteiger partial charge in [0.15, 0.2) is 0 Å². The van der Waals surface area contributed by atoms with Gasteiger partial charge in [0, 0.05) is 19.0 Å². The third-order valence-corrected chi connectivity index (χ3v) is 6.30. The highest BCUT2D eigenvalue weighted by Gasteiger charge is 2.53. The van der Waals surface area contributed by atoms with Crippen LogP contribution in [0.4, 0.5) is 18.0 Å². The van der Waals surface area contributed by atoms with Crippen molar-refractivity contribution in [2.24, 2.45) is 11.8 Å². The number of amides is 2. The summed E-state index contributed by atoms with van der Waals surface area (Å²) in [5, 5.41) is 11.9. The fourth-order valence-electron chi connectivity index (χ4n) is 4.48. The number of piperidine rings is 1. The number of hydrogen-bond donors (Lipinski definition) is 1. The second-order valence-electron chi connectivity index (χ2n) is 8.49. The third kappa shape index (κ3) is 4.40. The Morgan fingerprint density at radius 3 is 2.61 bits per heavy atom. The summed E-state index contributed by atoms with van der Waals surface area (Å²) < 4.78 is 49.0. The van der Waals surface area contributed by atoms with Crippen LogP contribution >= 0.6 is 0 Å². The van der Waals surface area contributed by atoms with E-state index in [0.29, 0.717) is 45.4 Å². The molecule has 0 aromatic heterocycles. The molecule has 2 amide bonds. The molecule has 4 rings (SSSR count). The molecule has 2 saturated heterocycles. The van der Waals surface area contributed by atoms with Crippen LogP contribution in [0.3, 0.4) is 0 Å². The summed E-state index contributed by atoms with van der Waals surface area (Å²) in [6.07, 6.45) is -2.34. The summed E-state index contributed by atoms with van der Waals surface area (Å²) in [4.78, 5) is 25.7. The van der Waals surface area contributed by atoms with E-state index in [1.54, 1.807) is 6.07 Å². The lowest BCUT2D eigenvalue weighted by Crippen LogP contribution is -2.58. The lowest BCUT2D eigenvalue weighted by Gasteiger charge is -2.44. The van der Waals surface area contributed by atoms with Gasteiger partial charge in [-0.15, -0.1) is 0 Å². The third-order valence-electron chi connectivity index (χ3n) is 6.30. The average Bonchev–Trinajstić information content (AvgIpc) is 3.12. The van der Waals surface area contributed by atoms with Crippen LogP contribution in [-0.2, 0) is 15.7 Å². The Morgan fingerprint density at radius 1 is 1.32 bits per heavy atom. The molecule has 0 radical (unpaired) electrons. The SMILES string of the molecule is N#Cc1cc(C(F)(F)F)ccc1OCC1CCN(C(=O)C2CC3(COC(=O)N3)C2)CC1. The van der Waals surface area contributed by atoms with Gasteiger partial charge in [0.25, 0.3) is 0 Å². The zero-order valence-corrected chi connectivity index (χ0v) is 16.7. The molecule has 2 aliphatic heterocycles. The topological polar surface area (TPSA) is 91.7 Å². The monoisotopic (exact) mass is 437 g/mol. The molecular formula is C21H22F3N3O4. The molecular weight excluding hydrogens is 415 g/mol. The Hall–Kier alpha value is -2.96. The van der Waals surface area contributed by atoms with E-state index in [1.807, 2.05) is 4.90 Å². The smallest absolute Gasteiger partial charge is 0.416 e. The maximum Gasteiger partial charge on any atom is 0.416 e. The van der Waals surface area contributed by atoms with Crippen LogP contribution in [-0.4, -0.2) is 48.7 Å². The van der Waals surface area contributed by atoms with Gasteiger partial charge in [0.05, 0.1) is 23.3 Å². The average molecular weight is 437 g/mol. The molecule has 166 valence electrons. The minimum atomic E-state index is -4.51. The predicted molar refractivity (Wildman–Crippen MR) is 101 cm³/mol. The largest absolute Gasteiger partial charge is 0.492 e. The second-order valence-corrected chi connectivity index (χ2v) is 8.49. The molecule has 3 fully saturated rings. The van der Waals surface area contributed by atoms with Gasteiger partial charge >= 0.3 is 12.3 Å². The fraction of sp³-hybridized carbons (Fsp3) is 0.571. The first-order chi connectivity index (χ1) is 14.7. The van der Waals surface area contributed by atoms with Gasteiger partial charge in [-0.1, -0.05) is 0 Å². The van der Waals surface area contributed by atoms with Crippen LogP contribution in [0, 0.1) is 23.2 Å². The number of hydrogen-bond acceptors (Lipinski definition) is 5. The van der Waals surface area contributed by atoms with Gasteiger partial charge < -0.3 is 19.7 Å². The zero-order valence-electron chi connectivity index (χ0n) is 16.7. The van der Waals surface area contributed by atoms with Crippen molar-refractivity contribution in [3.8, 4) is 11.8 Å². The number of alkyl halides is 3. The normalized spacial score (nSPS) is 26.1. The van der Waals surface area contributed by atoms with Crippen LogP contribution in [0.2, 0.25) is 0 Å². The molecule has 10 heteroatoms. The second kappa shape index (κ2) is 7.94. The first kappa shape index (κ1) is 21.3. The lowest BCUT2D eigenvalue weighted by atomic mass is 9.68. The van der Waals surface area contributed by atoms with Crippen LogP contribution in [0.25, 0.3) is 0 Å². The Morgan fingerprint density at radius 2 is 2.03 bits per heavy atom. The van der Waals surface area contributed by atoms with Crippen molar-refractivity contribution in [2.75, 3.05) is 26.3 Å². The van der Waals surface area contributed by atoms with Gasteiger partial charge in [-0.05, 0) is 49.8 Å². The summed E-state index contributed by atoms with van der Waals surface area (Å²) in [6, 6.07) is 4.63. The summed E-state index contributed by atoms with van der Waals surface area (Å²) >= 11 is 0. The number of carbonyl (C=O) groups is 2. The van der Waals surface area contributed by atoms with Gasteiger partial charge in [-0.2, -0.15) is 18.4 Å². The Kier molecular flexibility index (Phi) is 5.45. The van der Waals surface area contributed by atoms with Crippen molar-refractivity contribution in [3.63, 3.8) is 0 Å². The van der Waals surface area contributed by atoms with Crippen LogP contribution in [0.1, 0.15) is 36.8 Å². The molecule has 3 aliphatic rings. The van der Waals surface area contributed by atoms with Gasteiger partial charge in [0.1, 0.15) is 18.4 Å². The standard InChI is InChI=1S/C21H22F3N3O4/c22-21(23,24)16-1-2-17(14(7-16)10-25)30-11-13-3-5-27(6-4-13)18(28)15-8-20(9-15)12-31-19(29)26-20/h1-2,7,13,15H,3-6,8-9,11-12H2,(H,26,29). The van der Waals surface area contributed by atoms with E-state index in [-0.39, 0.29) is 41.2 Å². The van der Waals surface area contributed by atoms with Gasteiger partial charge in [-0.3, -0.25) is 4.79 Å². The van der Waals surface area contributed by atoms with Crippen molar-refractivity contribution in [1.29, 1.82) is 5.26 Å². The Balaban J connectivity index is 1.24. The molecule has 1 N–H and O–H groups in total. The number of halogens is 3. The van der Waals surface area contributed by atoms with E-state index in [4.69, 9.17) is 14.7 Å². The summed E-state index contributed by atoms with van der Waals surface area (Å²) in [5.74, 6) is 0.253. The molecule has 1 aliphatic carbocycles. The first-order valence-electron chi connectivity index (χ1n) is 10.2. The number of benzene rings is 1. The number of nitriles is 1. The molecule has 0 bridgehead atoms. The Bertz CT molecular complexity index is 913. The number of carbonyl (C=O) groups excluding carboxylic acids is 2. The van der Waals surface area contributed by atoms with Crippen LogP contribution in [0.15, 0.2) is 18.2 Å². The number of ether oxygens (including phenoxy) is 2. The van der Waals surface area contributed by atoms with E-state index in [9.17, 15) is 22.8 Å². The van der Waals surface area contributed by atoms with E-state index in [2.05, 4.69) is 5.32 Å². The molecule has 1 spiro atoms. The van der Waals surface area contributed by atoms with Gasteiger partial charge in [-0.25, -0.2) is 4.79 Å². The molecule has 7 nitrogen and oxygen atoms in total. The molecule has 1 aromatic rings. The summed E-state index contributed by atoms with van der Waals surface area (Å²) in [6.45, 7) is 1.75. The number of rotatable bonds is 4. The maximum atomic E-state index is 12.8. The van der Waals surface area contributed by atoms with E-state index >= 15 is 0 Å². The molecule has 0 atom stereocenters. The van der Waals surface area contributed by atoms with Crippen molar-refractivity contribution in [2.45, 2.75) is 37.4 Å². The highest BCUT2D eigenvalue weighted by Crippen LogP contribution is 2.42. The molecule has 0 unspecified atom stereocenters. The van der Waals surface area contributed by atoms with Crippen molar-refractivity contribution in [3.05, 3.63) is 29.3 Å². The highest BCUT2D eigenvalue weighted by atomic mass is 19.4. The molecule has 31 heavy (non-hydrogen) atoms. The van der Waals surface area contributed by atoms with Crippen molar-refractivity contribution < 1.29 is 32.2 Å². The highest BCUT2D eigenvalue weighted by molar-refractivity contribution is 5.81. The minimum Gasteiger partial charge on any atom is -0.492 e. The van der Waals surface area contributed by atoms with Crippen molar-refractivity contribution in [1.82, 2.24) is 10.2 Å². The summed E-state index contributed by atoms with van der Waals surface area (Å²) in [5.41, 5.74) is -1.42. The number of alkyl carbamates (subject to hydrolysis) is 1.